The number of hydrogen-bond donors (Lipinski definition) is 1. The Morgan fingerprint density at radius 1 is 1.42 bits per heavy atom. The molecule has 0 aliphatic rings. The van der Waals surface area contributed by atoms with Gasteiger partial charge in [0.2, 0.25) is 0 Å². The standard InChI is InChI=1S/C5H10N2O3S.Na/c6-2-1-3-7-4-5-11(8,9)10;/h7H,1,3-5H2,(H,8,9,10);/q;+1/p-1. The summed E-state index contributed by atoms with van der Waals surface area (Å²) >= 11 is 0. The van der Waals surface area contributed by atoms with Crippen molar-refractivity contribution in [2.75, 3.05) is 18.8 Å². The fraction of sp³-hybridized carbons (Fsp3) is 0.800. The largest absolute Gasteiger partial charge is 1.00 e. The summed E-state index contributed by atoms with van der Waals surface area (Å²) in [6.07, 6.45) is 0.318. The first kappa shape index (κ1) is 14.9. The second-order valence-corrected chi connectivity index (χ2v) is 3.44. The van der Waals surface area contributed by atoms with Gasteiger partial charge in [-0.05, 0) is 0 Å². The van der Waals surface area contributed by atoms with Crippen LogP contribution in [0.3, 0.4) is 0 Å². The van der Waals surface area contributed by atoms with E-state index >= 15 is 0 Å². The topological polar surface area (TPSA) is 93.0 Å². The van der Waals surface area contributed by atoms with E-state index in [0.717, 1.165) is 0 Å². The summed E-state index contributed by atoms with van der Waals surface area (Å²) in [6, 6.07) is 1.88. The summed E-state index contributed by atoms with van der Waals surface area (Å²) in [5.41, 5.74) is 0. The fourth-order valence-electron chi connectivity index (χ4n) is 0.466. The third-order valence-corrected chi connectivity index (χ3v) is 1.65. The van der Waals surface area contributed by atoms with Gasteiger partial charge in [-0.1, -0.05) is 0 Å². The smallest absolute Gasteiger partial charge is 0.748 e. The van der Waals surface area contributed by atoms with Crippen LogP contribution >= 0.6 is 0 Å². The van der Waals surface area contributed by atoms with Crippen LogP contribution < -0.4 is 34.9 Å². The van der Waals surface area contributed by atoms with Gasteiger partial charge in [-0.2, -0.15) is 5.26 Å². The molecule has 0 saturated heterocycles. The molecule has 0 bridgehead atoms. The number of nitrogens with one attached hydrogen (secondary N) is 1. The summed E-state index contributed by atoms with van der Waals surface area (Å²) in [4.78, 5) is 0. The van der Waals surface area contributed by atoms with Crippen LogP contribution in [0.5, 0.6) is 0 Å². The zero-order valence-electron chi connectivity index (χ0n) is 6.91. The van der Waals surface area contributed by atoms with E-state index in [1.54, 1.807) is 0 Å². The average Bonchev–Trinajstić information content (AvgIpc) is 1.85. The fourth-order valence-corrected chi connectivity index (χ4v) is 0.861. The molecule has 0 saturated carbocycles. The molecule has 0 aromatic carbocycles. The number of rotatable bonds is 5. The number of nitriles is 1. The molecular formula is C5H9N2NaO3S. The van der Waals surface area contributed by atoms with Gasteiger partial charge in [0.05, 0.1) is 21.9 Å². The molecule has 12 heavy (non-hydrogen) atoms. The van der Waals surface area contributed by atoms with Gasteiger partial charge < -0.3 is 9.87 Å². The maximum absolute atomic E-state index is 10.0. The first-order valence-electron chi connectivity index (χ1n) is 3.07. The molecule has 0 rings (SSSR count). The molecule has 5 nitrogen and oxygen atoms in total. The summed E-state index contributed by atoms with van der Waals surface area (Å²) in [6.45, 7) is 0.541. The van der Waals surface area contributed by atoms with Crippen LogP contribution in [0.25, 0.3) is 0 Å². The van der Waals surface area contributed by atoms with Crippen molar-refractivity contribution in [2.24, 2.45) is 0 Å². The minimum Gasteiger partial charge on any atom is -0.748 e. The van der Waals surface area contributed by atoms with E-state index in [-0.39, 0.29) is 36.1 Å². The van der Waals surface area contributed by atoms with E-state index in [4.69, 9.17) is 5.26 Å². The van der Waals surface area contributed by atoms with E-state index in [2.05, 4.69) is 5.32 Å². The molecule has 0 atom stereocenters. The molecule has 0 unspecified atom stereocenters. The zero-order chi connectivity index (χ0) is 8.74. The molecule has 0 spiro atoms. The summed E-state index contributed by atoms with van der Waals surface area (Å²) < 4.78 is 30.0. The second-order valence-electron chi connectivity index (χ2n) is 1.92. The predicted octanol–water partition coefficient (Wildman–Crippen LogP) is -3.96. The molecule has 0 amide bonds. The van der Waals surface area contributed by atoms with Crippen molar-refractivity contribution in [2.45, 2.75) is 6.42 Å². The minimum atomic E-state index is -4.11. The molecule has 0 aliphatic heterocycles. The van der Waals surface area contributed by atoms with Crippen molar-refractivity contribution in [3.05, 3.63) is 0 Å². The maximum atomic E-state index is 10.0. The van der Waals surface area contributed by atoms with E-state index < -0.39 is 15.9 Å². The molecule has 0 aromatic rings. The zero-order valence-corrected chi connectivity index (χ0v) is 9.73. The van der Waals surface area contributed by atoms with Crippen LogP contribution in [0.15, 0.2) is 0 Å². The van der Waals surface area contributed by atoms with Gasteiger partial charge in [0, 0.05) is 19.5 Å². The number of nitrogens with zero attached hydrogens (tertiary/aromatic N) is 1. The van der Waals surface area contributed by atoms with Crippen LogP contribution in [0.2, 0.25) is 0 Å². The van der Waals surface area contributed by atoms with Gasteiger partial charge in [0.25, 0.3) is 0 Å². The maximum Gasteiger partial charge on any atom is 1.00 e. The van der Waals surface area contributed by atoms with Crippen LogP contribution in [0.4, 0.5) is 0 Å². The molecule has 0 radical (unpaired) electrons. The van der Waals surface area contributed by atoms with Crippen molar-refractivity contribution in [3.63, 3.8) is 0 Å². The molecule has 64 valence electrons. The summed E-state index contributed by atoms with van der Waals surface area (Å²) in [7, 11) is -4.11. The van der Waals surface area contributed by atoms with Crippen molar-refractivity contribution >= 4 is 10.1 Å². The van der Waals surface area contributed by atoms with Gasteiger partial charge in [0.1, 0.15) is 0 Å². The van der Waals surface area contributed by atoms with Gasteiger partial charge >= 0.3 is 29.6 Å². The molecule has 0 aromatic heterocycles. The van der Waals surface area contributed by atoms with E-state index in [0.29, 0.717) is 13.0 Å². The van der Waals surface area contributed by atoms with E-state index in [9.17, 15) is 13.0 Å². The Morgan fingerprint density at radius 3 is 2.42 bits per heavy atom. The second kappa shape index (κ2) is 7.98. The monoisotopic (exact) mass is 200 g/mol. The van der Waals surface area contributed by atoms with E-state index in [1.807, 2.05) is 6.07 Å². The normalized spacial score (nSPS) is 10.0. The van der Waals surface area contributed by atoms with Crippen LogP contribution in [-0.2, 0) is 10.1 Å². The van der Waals surface area contributed by atoms with Crippen molar-refractivity contribution in [1.29, 1.82) is 5.26 Å². The summed E-state index contributed by atoms with van der Waals surface area (Å²) in [5, 5.41) is 10.7. The quantitative estimate of drug-likeness (QED) is 0.278. The third kappa shape index (κ3) is 13.0. The Morgan fingerprint density at radius 2 is 2.00 bits per heavy atom. The van der Waals surface area contributed by atoms with Gasteiger partial charge in [-0.25, -0.2) is 8.42 Å². The van der Waals surface area contributed by atoms with Crippen LogP contribution in [-0.4, -0.2) is 31.8 Å². The Hall–Kier alpha value is 0.360. The third-order valence-electron chi connectivity index (χ3n) is 0.942. The average molecular weight is 200 g/mol. The molecule has 1 N–H and O–H groups in total. The number of hydrogen-bond acceptors (Lipinski definition) is 5. The molecular weight excluding hydrogens is 191 g/mol. The van der Waals surface area contributed by atoms with Crippen LogP contribution in [0, 0.1) is 11.3 Å². The Kier molecular flexibility index (Phi) is 9.88. The SMILES string of the molecule is N#CCCNCCS(=O)(=O)[O-].[Na+]. The van der Waals surface area contributed by atoms with Crippen molar-refractivity contribution < 1.29 is 42.5 Å². The summed E-state index contributed by atoms with van der Waals surface area (Å²) in [5.74, 6) is -0.418. The Balaban J connectivity index is 0. The molecule has 7 heteroatoms. The van der Waals surface area contributed by atoms with E-state index in [1.165, 1.54) is 0 Å². The molecule has 0 fully saturated rings. The first-order valence-corrected chi connectivity index (χ1v) is 4.65. The predicted molar refractivity (Wildman–Crippen MR) is 37.7 cm³/mol. The van der Waals surface area contributed by atoms with Gasteiger partial charge in [-0.15, -0.1) is 0 Å². The van der Waals surface area contributed by atoms with Gasteiger partial charge in [-0.3, -0.25) is 0 Å². The van der Waals surface area contributed by atoms with Gasteiger partial charge in [0.15, 0.2) is 0 Å². The molecule has 0 aliphatic carbocycles. The van der Waals surface area contributed by atoms with Crippen molar-refractivity contribution in [1.82, 2.24) is 5.32 Å². The molecule has 0 heterocycles. The first-order chi connectivity index (χ1) is 5.06. The Bertz CT molecular complexity index is 234. The van der Waals surface area contributed by atoms with Crippen LogP contribution in [0.1, 0.15) is 6.42 Å². The Labute approximate surface area is 94.2 Å². The minimum absolute atomic E-state index is 0. The van der Waals surface area contributed by atoms with Crippen molar-refractivity contribution in [3.8, 4) is 6.07 Å².